The fourth-order valence-electron chi connectivity index (χ4n) is 2.48. The molecule has 1 aromatic carbocycles. The zero-order valence-corrected chi connectivity index (χ0v) is 11.5. The van der Waals surface area contributed by atoms with Gasteiger partial charge in [0.1, 0.15) is 12.4 Å². The summed E-state index contributed by atoms with van der Waals surface area (Å²) in [6, 6.07) is 3.98. The van der Waals surface area contributed by atoms with Crippen LogP contribution in [0.25, 0.3) is 0 Å². The Balaban J connectivity index is 2.30. The quantitative estimate of drug-likeness (QED) is 0.797. The van der Waals surface area contributed by atoms with Crippen molar-refractivity contribution in [3.05, 3.63) is 35.1 Å². The molecule has 0 aromatic heterocycles. The van der Waals surface area contributed by atoms with Gasteiger partial charge in [0.15, 0.2) is 0 Å². The Bertz CT molecular complexity index is 559. The summed E-state index contributed by atoms with van der Waals surface area (Å²) >= 11 is 0. The van der Waals surface area contributed by atoms with Crippen LogP contribution in [0.4, 0.5) is 4.39 Å². The Morgan fingerprint density at radius 2 is 2.35 bits per heavy atom. The van der Waals surface area contributed by atoms with Crippen LogP contribution in [0.5, 0.6) is 0 Å². The van der Waals surface area contributed by atoms with Crippen molar-refractivity contribution in [3.8, 4) is 11.8 Å². The molecule has 1 fully saturated rings. The van der Waals surface area contributed by atoms with Gasteiger partial charge in [0.25, 0.3) is 5.91 Å². The van der Waals surface area contributed by atoms with Gasteiger partial charge in [0, 0.05) is 18.7 Å². The number of halogens is 1. The molecule has 1 heterocycles. The molecule has 1 aliphatic rings. The summed E-state index contributed by atoms with van der Waals surface area (Å²) in [6.07, 6.45) is 2.09. The van der Waals surface area contributed by atoms with Crippen molar-refractivity contribution < 1.29 is 14.3 Å². The summed E-state index contributed by atoms with van der Waals surface area (Å²) in [7, 11) is 0. The molecule has 0 aliphatic carbocycles. The maximum atomic E-state index is 13.4. The SMILES string of the molecule is CC1CCCN(C(=O)c2cc(F)ccc2C#CCO)C1. The molecule has 106 valence electrons. The molecule has 2 rings (SSSR count). The number of amides is 1. The molecule has 1 atom stereocenters. The second kappa shape index (κ2) is 6.53. The molecule has 20 heavy (non-hydrogen) atoms. The number of rotatable bonds is 1. The number of carbonyl (C=O) groups excluding carboxylic acids is 1. The zero-order chi connectivity index (χ0) is 14.5. The molecular formula is C16H18FNO2. The first kappa shape index (κ1) is 14.5. The second-order valence-corrected chi connectivity index (χ2v) is 5.15. The summed E-state index contributed by atoms with van der Waals surface area (Å²) in [5.41, 5.74) is 0.740. The van der Waals surface area contributed by atoms with E-state index in [0.29, 0.717) is 24.6 Å². The van der Waals surface area contributed by atoms with Gasteiger partial charge in [0.05, 0.1) is 5.56 Å². The van der Waals surface area contributed by atoms with Gasteiger partial charge in [-0.1, -0.05) is 18.8 Å². The summed E-state index contributed by atoms with van der Waals surface area (Å²) < 4.78 is 13.4. The molecule has 0 radical (unpaired) electrons. The van der Waals surface area contributed by atoms with Gasteiger partial charge >= 0.3 is 0 Å². The number of carbonyl (C=O) groups is 1. The van der Waals surface area contributed by atoms with E-state index in [2.05, 4.69) is 18.8 Å². The predicted molar refractivity (Wildman–Crippen MR) is 74.7 cm³/mol. The number of piperidine rings is 1. The smallest absolute Gasteiger partial charge is 0.255 e. The number of nitrogens with zero attached hydrogens (tertiary/aromatic N) is 1. The maximum Gasteiger partial charge on any atom is 0.255 e. The van der Waals surface area contributed by atoms with Crippen molar-refractivity contribution in [2.24, 2.45) is 5.92 Å². The summed E-state index contributed by atoms with van der Waals surface area (Å²) in [5, 5.41) is 8.75. The molecule has 1 amide bonds. The Morgan fingerprint density at radius 1 is 1.55 bits per heavy atom. The molecule has 1 unspecified atom stereocenters. The van der Waals surface area contributed by atoms with Crippen molar-refractivity contribution in [2.75, 3.05) is 19.7 Å². The lowest BCUT2D eigenvalue weighted by atomic mass is 9.98. The Kier molecular flexibility index (Phi) is 4.75. The summed E-state index contributed by atoms with van der Waals surface area (Å²) in [4.78, 5) is 14.3. The van der Waals surface area contributed by atoms with E-state index in [4.69, 9.17) is 5.11 Å². The van der Waals surface area contributed by atoms with Gasteiger partial charge in [-0.25, -0.2) is 4.39 Å². The molecule has 3 nitrogen and oxygen atoms in total. The molecule has 1 N–H and O–H groups in total. The second-order valence-electron chi connectivity index (χ2n) is 5.15. The highest BCUT2D eigenvalue weighted by Gasteiger charge is 2.23. The minimum Gasteiger partial charge on any atom is -0.384 e. The van der Waals surface area contributed by atoms with E-state index in [1.54, 1.807) is 4.90 Å². The third-order valence-electron chi connectivity index (χ3n) is 3.46. The van der Waals surface area contributed by atoms with E-state index < -0.39 is 5.82 Å². The largest absolute Gasteiger partial charge is 0.384 e. The van der Waals surface area contributed by atoms with Crippen molar-refractivity contribution in [2.45, 2.75) is 19.8 Å². The van der Waals surface area contributed by atoms with Crippen molar-refractivity contribution in [1.82, 2.24) is 4.90 Å². The molecule has 0 bridgehead atoms. The number of aliphatic hydroxyl groups is 1. The van der Waals surface area contributed by atoms with Crippen LogP contribution in [0.1, 0.15) is 35.7 Å². The molecule has 1 aromatic rings. The van der Waals surface area contributed by atoms with Gasteiger partial charge in [-0.2, -0.15) is 0 Å². The van der Waals surface area contributed by atoms with Crippen LogP contribution < -0.4 is 0 Å². The molecular weight excluding hydrogens is 257 g/mol. The number of aliphatic hydroxyl groups excluding tert-OH is 1. The first-order valence-corrected chi connectivity index (χ1v) is 6.80. The Morgan fingerprint density at radius 3 is 3.05 bits per heavy atom. The van der Waals surface area contributed by atoms with E-state index in [0.717, 1.165) is 12.8 Å². The van der Waals surface area contributed by atoms with Crippen LogP contribution >= 0.6 is 0 Å². The van der Waals surface area contributed by atoms with Gasteiger partial charge in [-0.3, -0.25) is 4.79 Å². The third kappa shape index (κ3) is 3.37. The van der Waals surface area contributed by atoms with Crippen LogP contribution in [0.3, 0.4) is 0 Å². The molecule has 0 spiro atoms. The van der Waals surface area contributed by atoms with Crippen LogP contribution in [0, 0.1) is 23.6 Å². The van der Waals surface area contributed by atoms with E-state index in [-0.39, 0.29) is 18.1 Å². The van der Waals surface area contributed by atoms with E-state index >= 15 is 0 Å². The van der Waals surface area contributed by atoms with Crippen molar-refractivity contribution in [1.29, 1.82) is 0 Å². The van der Waals surface area contributed by atoms with E-state index in [1.165, 1.54) is 18.2 Å². The minimum absolute atomic E-state index is 0.182. The first-order valence-electron chi connectivity index (χ1n) is 6.80. The highest BCUT2D eigenvalue weighted by molar-refractivity contribution is 5.96. The average Bonchev–Trinajstić information content (AvgIpc) is 2.45. The Labute approximate surface area is 118 Å². The number of likely N-dealkylation sites (tertiary alicyclic amines) is 1. The molecule has 0 saturated carbocycles. The topological polar surface area (TPSA) is 40.5 Å². The maximum absolute atomic E-state index is 13.4. The lowest BCUT2D eigenvalue weighted by Gasteiger charge is -2.31. The third-order valence-corrected chi connectivity index (χ3v) is 3.46. The van der Waals surface area contributed by atoms with Crippen LogP contribution in [-0.2, 0) is 0 Å². The normalized spacial score (nSPS) is 18.4. The van der Waals surface area contributed by atoms with Gasteiger partial charge < -0.3 is 10.0 Å². The zero-order valence-electron chi connectivity index (χ0n) is 11.5. The van der Waals surface area contributed by atoms with Crippen LogP contribution in [0.2, 0.25) is 0 Å². The fourth-order valence-corrected chi connectivity index (χ4v) is 2.48. The molecule has 4 heteroatoms. The first-order chi connectivity index (χ1) is 9.61. The number of hydrogen-bond donors (Lipinski definition) is 1. The minimum atomic E-state index is -0.451. The van der Waals surface area contributed by atoms with Gasteiger partial charge in [0.2, 0.25) is 0 Å². The highest BCUT2D eigenvalue weighted by atomic mass is 19.1. The lowest BCUT2D eigenvalue weighted by Crippen LogP contribution is -2.39. The fraction of sp³-hybridized carbons (Fsp3) is 0.438. The number of benzene rings is 1. The summed E-state index contributed by atoms with van der Waals surface area (Å²) in [6.45, 7) is 3.22. The highest BCUT2D eigenvalue weighted by Crippen LogP contribution is 2.20. The standard InChI is InChI=1S/C16H18FNO2/c1-12-4-2-8-18(11-12)16(20)15-10-14(17)7-6-13(15)5-3-9-19/h6-7,10,12,19H,2,4,8-9,11H2,1H3. The van der Waals surface area contributed by atoms with Crippen LogP contribution in [0.15, 0.2) is 18.2 Å². The van der Waals surface area contributed by atoms with Gasteiger partial charge in [-0.05, 0) is 37.0 Å². The molecule has 1 saturated heterocycles. The average molecular weight is 275 g/mol. The predicted octanol–water partition coefficient (Wildman–Crippen LogP) is 2.04. The van der Waals surface area contributed by atoms with Crippen LogP contribution in [-0.4, -0.2) is 35.6 Å². The summed E-state index contributed by atoms with van der Waals surface area (Å²) in [5.74, 6) is 5.04. The lowest BCUT2D eigenvalue weighted by molar-refractivity contribution is 0.0682. The Hall–Kier alpha value is -1.86. The number of hydrogen-bond acceptors (Lipinski definition) is 2. The monoisotopic (exact) mass is 275 g/mol. The van der Waals surface area contributed by atoms with E-state index in [9.17, 15) is 9.18 Å². The van der Waals surface area contributed by atoms with Crippen molar-refractivity contribution >= 4 is 5.91 Å². The van der Waals surface area contributed by atoms with Gasteiger partial charge in [-0.15, -0.1) is 0 Å². The van der Waals surface area contributed by atoms with Crippen molar-refractivity contribution in [3.63, 3.8) is 0 Å². The molecule has 1 aliphatic heterocycles. The van der Waals surface area contributed by atoms with E-state index in [1.807, 2.05) is 0 Å².